The third-order valence-electron chi connectivity index (χ3n) is 3.46. The van der Waals surface area contributed by atoms with Crippen LogP contribution in [0.3, 0.4) is 0 Å². The number of pyridine rings is 1. The largest absolute Gasteiger partial charge is 0.282 e. The second kappa shape index (κ2) is 5.47. The minimum Gasteiger partial charge on any atom is -0.282 e. The predicted molar refractivity (Wildman–Crippen MR) is 89.7 cm³/mol. The molecule has 0 saturated heterocycles. The lowest BCUT2D eigenvalue weighted by Crippen LogP contribution is -2.26. The van der Waals surface area contributed by atoms with Crippen LogP contribution < -0.4 is 4.31 Å². The third kappa shape index (κ3) is 2.87. The number of fused-ring (bicyclic) bond motifs is 1. The summed E-state index contributed by atoms with van der Waals surface area (Å²) in [5.74, 6) is 0.881. The Bertz CT molecular complexity index is 1000. The van der Waals surface area contributed by atoms with E-state index < -0.39 is 10.0 Å². The highest BCUT2D eigenvalue weighted by atomic mass is 35.5. The van der Waals surface area contributed by atoms with Gasteiger partial charge < -0.3 is 0 Å². The number of anilines is 1. The van der Waals surface area contributed by atoms with E-state index in [9.17, 15) is 8.42 Å². The topological polar surface area (TPSA) is 81.0 Å². The fourth-order valence-electron chi connectivity index (χ4n) is 2.27. The molecule has 3 heterocycles. The highest BCUT2D eigenvalue weighted by molar-refractivity contribution is 7.92. The van der Waals surface area contributed by atoms with Crippen LogP contribution in [0.25, 0.3) is 16.9 Å². The molecule has 3 aromatic heterocycles. The Kier molecular flexibility index (Phi) is 3.73. The van der Waals surface area contributed by atoms with E-state index >= 15 is 0 Å². The number of hydrogen-bond acceptors (Lipinski definition) is 5. The summed E-state index contributed by atoms with van der Waals surface area (Å²) in [5.41, 5.74) is 1.51. The molecule has 0 aliphatic heterocycles. The van der Waals surface area contributed by atoms with Gasteiger partial charge in [-0.2, -0.15) is 4.98 Å². The first-order valence-electron chi connectivity index (χ1n) is 6.69. The molecule has 0 saturated carbocycles. The van der Waals surface area contributed by atoms with Gasteiger partial charge in [0.05, 0.1) is 6.26 Å². The van der Waals surface area contributed by atoms with Gasteiger partial charge in [0.25, 0.3) is 0 Å². The van der Waals surface area contributed by atoms with Gasteiger partial charge >= 0.3 is 0 Å². The number of aromatic nitrogens is 4. The van der Waals surface area contributed by atoms with E-state index in [0.717, 1.165) is 21.6 Å². The van der Waals surface area contributed by atoms with Crippen molar-refractivity contribution >= 4 is 38.5 Å². The normalized spacial score (nSPS) is 11.8. The van der Waals surface area contributed by atoms with Gasteiger partial charge in [0, 0.05) is 24.3 Å². The van der Waals surface area contributed by atoms with Crippen LogP contribution in [-0.4, -0.2) is 41.2 Å². The van der Waals surface area contributed by atoms with Crippen molar-refractivity contribution in [3.8, 4) is 5.82 Å². The van der Waals surface area contributed by atoms with Crippen molar-refractivity contribution in [3.05, 3.63) is 41.4 Å². The molecule has 0 aliphatic carbocycles. The van der Waals surface area contributed by atoms with Gasteiger partial charge in [-0.25, -0.2) is 18.4 Å². The second-order valence-corrected chi connectivity index (χ2v) is 7.48. The van der Waals surface area contributed by atoms with Crippen LogP contribution in [0.15, 0.2) is 30.5 Å². The van der Waals surface area contributed by atoms with Crippen molar-refractivity contribution in [1.29, 1.82) is 0 Å². The Morgan fingerprint density at radius 1 is 1.26 bits per heavy atom. The number of halogens is 1. The van der Waals surface area contributed by atoms with Crippen LogP contribution in [0, 0.1) is 6.92 Å². The summed E-state index contributed by atoms with van der Waals surface area (Å²) in [5, 5.41) is 0.969. The van der Waals surface area contributed by atoms with Crippen LogP contribution in [0.4, 0.5) is 5.82 Å². The van der Waals surface area contributed by atoms with Gasteiger partial charge in [0.15, 0.2) is 5.65 Å². The molecule has 3 aromatic rings. The van der Waals surface area contributed by atoms with Crippen LogP contribution in [0.1, 0.15) is 5.69 Å². The van der Waals surface area contributed by atoms with Crippen LogP contribution in [-0.2, 0) is 10.0 Å². The van der Waals surface area contributed by atoms with Crippen molar-refractivity contribution in [2.45, 2.75) is 6.92 Å². The number of aryl methyl sites for hydroxylation is 1. The van der Waals surface area contributed by atoms with Crippen LogP contribution in [0.2, 0.25) is 5.28 Å². The van der Waals surface area contributed by atoms with Gasteiger partial charge in [-0.3, -0.25) is 8.87 Å². The highest BCUT2D eigenvalue weighted by Gasteiger charge is 2.16. The average molecular weight is 352 g/mol. The number of sulfonamides is 1. The van der Waals surface area contributed by atoms with E-state index in [0.29, 0.717) is 17.3 Å². The molecule has 0 bridgehead atoms. The molecule has 0 atom stereocenters. The summed E-state index contributed by atoms with van der Waals surface area (Å²) in [7, 11) is -1.93. The maximum Gasteiger partial charge on any atom is 0.233 e. The van der Waals surface area contributed by atoms with Gasteiger partial charge in [0.1, 0.15) is 11.6 Å². The first-order valence-corrected chi connectivity index (χ1v) is 8.92. The standard InChI is InChI=1S/C14H14ClN5O2S/c1-9-7-10-8-16-14(15)18-13(10)20(9)12-6-4-5-11(17-12)19(2)23(3,21)22/h4-8H,1-3H3. The van der Waals surface area contributed by atoms with Crippen molar-refractivity contribution in [1.82, 2.24) is 19.5 Å². The first-order chi connectivity index (χ1) is 10.8. The lowest BCUT2D eigenvalue weighted by Gasteiger charge is -2.16. The zero-order valence-electron chi connectivity index (χ0n) is 12.7. The molecular formula is C14H14ClN5O2S. The van der Waals surface area contributed by atoms with E-state index in [1.807, 2.05) is 17.6 Å². The summed E-state index contributed by atoms with van der Waals surface area (Å²) in [6, 6.07) is 7.07. The summed E-state index contributed by atoms with van der Waals surface area (Å²) < 4.78 is 26.3. The lowest BCUT2D eigenvalue weighted by molar-refractivity contribution is 0.600. The van der Waals surface area contributed by atoms with E-state index in [4.69, 9.17) is 11.6 Å². The zero-order chi connectivity index (χ0) is 16.8. The van der Waals surface area contributed by atoms with Gasteiger partial charge in [0.2, 0.25) is 15.3 Å². The zero-order valence-corrected chi connectivity index (χ0v) is 14.3. The Hall–Kier alpha value is -2.19. The fourth-order valence-corrected chi connectivity index (χ4v) is 2.84. The van der Waals surface area contributed by atoms with Crippen molar-refractivity contribution < 1.29 is 8.42 Å². The monoisotopic (exact) mass is 351 g/mol. The van der Waals surface area contributed by atoms with Crippen LogP contribution >= 0.6 is 11.6 Å². The van der Waals surface area contributed by atoms with E-state index in [1.54, 1.807) is 24.4 Å². The lowest BCUT2D eigenvalue weighted by atomic mass is 10.4. The molecule has 7 nitrogen and oxygen atoms in total. The number of rotatable bonds is 3. The van der Waals surface area contributed by atoms with E-state index in [1.165, 1.54) is 7.05 Å². The second-order valence-electron chi connectivity index (χ2n) is 5.12. The highest BCUT2D eigenvalue weighted by Crippen LogP contribution is 2.23. The molecule has 9 heteroatoms. The summed E-state index contributed by atoms with van der Waals surface area (Å²) in [6.45, 7) is 1.91. The molecule has 0 unspecified atom stereocenters. The maximum absolute atomic E-state index is 11.7. The van der Waals surface area contributed by atoms with E-state index in [-0.39, 0.29) is 5.28 Å². The molecule has 3 rings (SSSR count). The number of nitrogens with zero attached hydrogens (tertiary/aromatic N) is 5. The fraction of sp³-hybridized carbons (Fsp3) is 0.214. The average Bonchev–Trinajstić information content (AvgIpc) is 2.81. The maximum atomic E-state index is 11.7. The molecule has 0 aliphatic rings. The predicted octanol–water partition coefficient (Wildman–Crippen LogP) is 2.17. The minimum atomic E-state index is -3.39. The summed E-state index contributed by atoms with van der Waals surface area (Å²) in [4.78, 5) is 12.6. The molecule has 0 amide bonds. The Labute approximate surface area is 138 Å². The smallest absolute Gasteiger partial charge is 0.233 e. The van der Waals surface area contributed by atoms with Crippen molar-refractivity contribution in [2.24, 2.45) is 0 Å². The number of hydrogen-bond donors (Lipinski definition) is 0. The van der Waals surface area contributed by atoms with Gasteiger partial charge in [-0.15, -0.1) is 0 Å². The van der Waals surface area contributed by atoms with Gasteiger partial charge in [-0.05, 0) is 36.7 Å². The Balaban J connectivity index is 2.20. The quantitative estimate of drug-likeness (QED) is 0.675. The molecule has 0 fully saturated rings. The molecule has 0 spiro atoms. The van der Waals surface area contributed by atoms with E-state index in [2.05, 4.69) is 15.0 Å². The van der Waals surface area contributed by atoms with Crippen molar-refractivity contribution in [3.63, 3.8) is 0 Å². The Morgan fingerprint density at radius 3 is 2.70 bits per heavy atom. The molecule has 0 N–H and O–H groups in total. The van der Waals surface area contributed by atoms with Crippen LogP contribution in [0.5, 0.6) is 0 Å². The molecule has 23 heavy (non-hydrogen) atoms. The minimum absolute atomic E-state index is 0.140. The third-order valence-corrected chi connectivity index (χ3v) is 4.83. The molecule has 0 aromatic carbocycles. The molecular weight excluding hydrogens is 338 g/mol. The summed E-state index contributed by atoms with van der Waals surface area (Å²) >= 11 is 5.89. The SMILES string of the molecule is Cc1cc2cnc(Cl)nc2n1-c1cccc(N(C)S(C)(=O)=O)n1. The molecule has 120 valence electrons. The Morgan fingerprint density at radius 2 is 2.00 bits per heavy atom. The molecule has 0 radical (unpaired) electrons. The summed E-state index contributed by atoms with van der Waals surface area (Å²) in [6.07, 6.45) is 2.77. The van der Waals surface area contributed by atoms with Gasteiger partial charge in [-0.1, -0.05) is 6.07 Å². The first kappa shape index (κ1) is 15.7. The van der Waals surface area contributed by atoms with Crippen molar-refractivity contribution in [2.75, 3.05) is 17.6 Å².